The van der Waals surface area contributed by atoms with Crippen molar-refractivity contribution >= 4 is 0 Å². The predicted molar refractivity (Wildman–Crippen MR) is 85.9 cm³/mol. The van der Waals surface area contributed by atoms with E-state index in [1.807, 2.05) is 0 Å². The summed E-state index contributed by atoms with van der Waals surface area (Å²) in [6, 6.07) is 1.59. The zero-order valence-corrected chi connectivity index (χ0v) is 13.6. The molecule has 2 atom stereocenters. The van der Waals surface area contributed by atoms with E-state index in [1.54, 1.807) is 0 Å². The molecule has 0 aromatic carbocycles. The van der Waals surface area contributed by atoms with Gasteiger partial charge in [-0.15, -0.1) is 0 Å². The molecule has 0 aromatic rings. The van der Waals surface area contributed by atoms with Crippen LogP contribution in [0.1, 0.15) is 65.2 Å². The third kappa shape index (κ3) is 3.98. The molecule has 0 amide bonds. The van der Waals surface area contributed by atoms with Gasteiger partial charge in [0, 0.05) is 31.7 Å². The molecule has 116 valence electrons. The Kier molecular flexibility index (Phi) is 5.04. The van der Waals surface area contributed by atoms with Crippen molar-refractivity contribution in [3.05, 3.63) is 0 Å². The highest BCUT2D eigenvalue weighted by Gasteiger charge is 2.35. The molecular weight excluding hydrogens is 244 g/mol. The molecule has 20 heavy (non-hydrogen) atoms. The molecule has 0 radical (unpaired) electrons. The molecule has 1 aliphatic heterocycles. The molecule has 3 aliphatic rings. The Labute approximate surface area is 125 Å². The number of nitrogens with zero attached hydrogens (tertiary/aromatic N) is 1. The first kappa shape index (κ1) is 14.8. The Balaban J connectivity index is 1.57. The lowest BCUT2D eigenvalue weighted by Crippen LogP contribution is -2.59. The highest BCUT2D eigenvalue weighted by atomic mass is 15.2. The summed E-state index contributed by atoms with van der Waals surface area (Å²) >= 11 is 0. The van der Waals surface area contributed by atoms with E-state index >= 15 is 0 Å². The minimum Gasteiger partial charge on any atom is -0.311 e. The second-order valence-electron chi connectivity index (χ2n) is 8.09. The number of hydrogen-bond acceptors (Lipinski definition) is 2. The minimum absolute atomic E-state index is 0.789. The lowest BCUT2D eigenvalue weighted by Gasteiger charge is -2.44. The van der Waals surface area contributed by atoms with Gasteiger partial charge in [0.2, 0.25) is 0 Å². The summed E-state index contributed by atoms with van der Waals surface area (Å²) in [4.78, 5) is 2.87. The lowest BCUT2D eigenvalue weighted by molar-refractivity contribution is 0.0805. The van der Waals surface area contributed by atoms with E-state index in [0.717, 1.165) is 29.8 Å². The number of piperazine rings is 1. The largest absolute Gasteiger partial charge is 0.311 e. The van der Waals surface area contributed by atoms with Crippen LogP contribution in [0, 0.1) is 17.8 Å². The maximum Gasteiger partial charge on any atom is 0.0224 e. The van der Waals surface area contributed by atoms with Crippen molar-refractivity contribution in [1.82, 2.24) is 10.2 Å². The summed E-state index contributed by atoms with van der Waals surface area (Å²) in [6.45, 7) is 8.72. The number of hydrogen-bond donors (Lipinski definition) is 1. The van der Waals surface area contributed by atoms with E-state index in [4.69, 9.17) is 0 Å². The van der Waals surface area contributed by atoms with E-state index in [9.17, 15) is 0 Å². The summed E-state index contributed by atoms with van der Waals surface area (Å²) in [5, 5.41) is 3.93. The van der Waals surface area contributed by atoms with Gasteiger partial charge in [-0.2, -0.15) is 0 Å². The van der Waals surface area contributed by atoms with Gasteiger partial charge >= 0.3 is 0 Å². The lowest BCUT2D eigenvalue weighted by atomic mass is 9.82. The van der Waals surface area contributed by atoms with E-state index in [1.165, 1.54) is 71.0 Å². The first-order valence-corrected chi connectivity index (χ1v) is 9.20. The standard InChI is InChI=1S/C18H34N2/c1-14(2)10-17-11-19-18(16-6-4-3-5-7-16)13-20(17)12-15-8-9-15/h14-19H,3-13H2,1-2H3. The Morgan fingerprint density at radius 3 is 2.45 bits per heavy atom. The van der Waals surface area contributed by atoms with Gasteiger partial charge in [0.05, 0.1) is 0 Å². The monoisotopic (exact) mass is 278 g/mol. The molecule has 1 heterocycles. The maximum absolute atomic E-state index is 3.93. The van der Waals surface area contributed by atoms with Gasteiger partial charge in [-0.05, 0) is 49.9 Å². The Morgan fingerprint density at radius 2 is 1.80 bits per heavy atom. The van der Waals surface area contributed by atoms with Crippen LogP contribution in [0.4, 0.5) is 0 Å². The van der Waals surface area contributed by atoms with Gasteiger partial charge in [0.15, 0.2) is 0 Å². The summed E-state index contributed by atoms with van der Waals surface area (Å²) in [7, 11) is 0. The van der Waals surface area contributed by atoms with Gasteiger partial charge in [0.25, 0.3) is 0 Å². The number of nitrogens with one attached hydrogen (secondary N) is 1. The quantitative estimate of drug-likeness (QED) is 0.825. The fourth-order valence-electron chi connectivity index (χ4n) is 4.37. The van der Waals surface area contributed by atoms with Gasteiger partial charge in [-0.3, -0.25) is 4.90 Å². The van der Waals surface area contributed by atoms with Crippen LogP contribution in [0.2, 0.25) is 0 Å². The third-order valence-corrected chi connectivity index (χ3v) is 5.72. The highest BCUT2D eigenvalue weighted by molar-refractivity contribution is 4.93. The van der Waals surface area contributed by atoms with E-state index in [0.29, 0.717) is 0 Å². The molecular formula is C18H34N2. The van der Waals surface area contributed by atoms with Crippen LogP contribution in [0.25, 0.3) is 0 Å². The summed E-state index contributed by atoms with van der Waals surface area (Å²) in [5.74, 6) is 2.83. The molecule has 0 bridgehead atoms. The number of rotatable bonds is 5. The molecule has 2 saturated carbocycles. The van der Waals surface area contributed by atoms with Crippen molar-refractivity contribution in [2.75, 3.05) is 19.6 Å². The molecule has 2 heteroatoms. The summed E-state index contributed by atoms with van der Waals surface area (Å²) in [5.41, 5.74) is 0. The van der Waals surface area contributed by atoms with Crippen LogP contribution in [0.3, 0.4) is 0 Å². The molecule has 0 aromatic heterocycles. The van der Waals surface area contributed by atoms with Gasteiger partial charge in [-0.25, -0.2) is 0 Å². The molecule has 2 nitrogen and oxygen atoms in total. The second kappa shape index (κ2) is 6.79. The van der Waals surface area contributed by atoms with E-state index < -0.39 is 0 Å². The van der Waals surface area contributed by atoms with Crippen molar-refractivity contribution in [1.29, 1.82) is 0 Å². The van der Waals surface area contributed by atoms with Crippen molar-refractivity contribution < 1.29 is 0 Å². The first-order valence-electron chi connectivity index (χ1n) is 9.20. The molecule has 3 rings (SSSR count). The van der Waals surface area contributed by atoms with Crippen LogP contribution in [0.5, 0.6) is 0 Å². The summed E-state index contributed by atoms with van der Waals surface area (Å²) in [6.07, 6.45) is 11.7. The smallest absolute Gasteiger partial charge is 0.0224 e. The Morgan fingerprint density at radius 1 is 1.05 bits per heavy atom. The van der Waals surface area contributed by atoms with Crippen LogP contribution in [0.15, 0.2) is 0 Å². The minimum atomic E-state index is 0.789. The summed E-state index contributed by atoms with van der Waals surface area (Å²) < 4.78 is 0. The van der Waals surface area contributed by atoms with E-state index in [2.05, 4.69) is 24.1 Å². The van der Waals surface area contributed by atoms with Crippen molar-refractivity contribution in [3.63, 3.8) is 0 Å². The van der Waals surface area contributed by atoms with Crippen molar-refractivity contribution in [2.45, 2.75) is 77.3 Å². The normalized spacial score (nSPS) is 33.8. The fourth-order valence-corrected chi connectivity index (χ4v) is 4.37. The molecule has 2 unspecified atom stereocenters. The Bertz CT molecular complexity index is 292. The van der Waals surface area contributed by atoms with Crippen LogP contribution >= 0.6 is 0 Å². The topological polar surface area (TPSA) is 15.3 Å². The van der Waals surface area contributed by atoms with Crippen molar-refractivity contribution in [2.24, 2.45) is 17.8 Å². The van der Waals surface area contributed by atoms with Crippen LogP contribution in [-0.4, -0.2) is 36.6 Å². The molecule has 0 spiro atoms. The SMILES string of the molecule is CC(C)CC1CNC(C2CCCCC2)CN1CC1CC1. The predicted octanol–water partition coefficient (Wildman–Crippen LogP) is 3.67. The molecule has 2 aliphatic carbocycles. The average molecular weight is 278 g/mol. The van der Waals surface area contributed by atoms with Gasteiger partial charge < -0.3 is 5.32 Å². The first-order chi connectivity index (χ1) is 9.72. The molecule has 3 fully saturated rings. The van der Waals surface area contributed by atoms with Crippen LogP contribution < -0.4 is 5.32 Å². The van der Waals surface area contributed by atoms with Gasteiger partial charge in [0.1, 0.15) is 0 Å². The van der Waals surface area contributed by atoms with E-state index in [-0.39, 0.29) is 0 Å². The fraction of sp³-hybridized carbons (Fsp3) is 1.00. The maximum atomic E-state index is 3.93. The molecule has 1 saturated heterocycles. The second-order valence-corrected chi connectivity index (χ2v) is 8.09. The van der Waals surface area contributed by atoms with Crippen LogP contribution in [-0.2, 0) is 0 Å². The average Bonchev–Trinajstić information content (AvgIpc) is 3.25. The molecule has 1 N–H and O–H groups in total. The van der Waals surface area contributed by atoms with Gasteiger partial charge in [-0.1, -0.05) is 33.1 Å². The third-order valence-electron chi connectivity index (χ3n) is 5.72. The van der Waals surface area contributed by atoms with Crippen molar-refractivity contribution in [3.8, 4) is 0 Å². The highest BCUT2D eigenvalue weighted by Crippen LogP contribution is 2.33. The zero-order chi connectivity index (χ0) is 13.9. The zero-order valence-electron chi connectivity index (χ0n) is 13.6. The Hall–Kier alpha value is -0.0800.